The Balaban J connectivity index is 0.811. The Bertz CT molecular complexity index is 6800. The fraction of sp³-hybridized carbons (Fsp3) is 0.153. The summed E-state index contributed by atoms with van der Waals surface area (Å²) in [5.41, 5.74) is 32.8. The van der Waals surface area contributed by atoms with Crippen molar-refractivity contribution in [3.05, 3.63) is 333 Å². The maximum Gasteiger partial charge on any atom is 0.118 e. The van der Waals surface area contributed by atoms with Gasteiger partial charge in [-0.15, -0.1) is 0 Å². The third kappa shape index (κ3) is 8.73. The average molecular weight is 1340 g/mol. The third-order valence-electron chi connectivity index (χ3n) is 24.7. The van der Waals surface area contributed by atoms with Crippen LogP contribution in [-0.2, 0) is 19.3 Å². The van der Waals surface area contributed by atoms with Crippen molar-refractivity contribution in [2.24, 2.45) is 15.9 Å². The van der Waals surface area contributed by atoms with Crippen LogP contribution < -0.4 is 0 Å². The molecule has 0 amide bonds. The first kappa shape index (κ1) is 60.1. The molecule has 7 nitrogen and oxygen atoms in total. The summed E-state index contributed by atoms with van der Waals surface area (Å²) < 4.78 is 5.25. The van der Waals surface area contributed by atoms with E-state index in [-0.39, 0.29) is 23.7 Å². The molecule has 4 unspecified atom stereocenters. The van der Waals surface area contributed by atoms with Gasteiger partial charge in [0.05, 0.1) is 62.3 Å². The predicted molar refractivity (Wildman–Crippen MR) is 430 cm³/mol. The normalized spacial score (nSPS) is 18.4. The van der Waals surface area contributed by atoms with Crippen LogP contribution in [0.5, 0.6) is 0 Å². The molecule has 0 fully saturated rings. The Morgan fingerprint density at radius 3 is 2.20 bits per heavy atom. The van der Waals surface area contributed by atoms with Gasteiger partial charge in [-0.2, -0.15) is 10.5 Å². The molecule has 0 N–H and O–H groups in total. The number of rotatable bonds is 5. The van der Waals surface area contributed by atoms with Gasteiger partial charge in [0.15, 0.2) is 0 Å². The van der Waals surface area contributed by atoms with Crippen LogP contribution >= 0.6 is 0 Å². The molecule has 0 bridgehead atoms. The first-order valence-electron chi connectivity index (χ1n) is 37.7. The third-order valence-corrected chi connectivity index (χ3v) is 24.7. The van der Waals surface area contributed by atoms with Crippen LogP contribution in [0.15, 0.2) is 282 Å². The van der Waals surface area contributed by atoms with E-state index in [0.717, 1.165) is 115 Å². The highest BCUT2D eigenvalue weighted by molar-refractivity contribution is 6.30. The maximum atomic E-state index is 10.5. The lowest BCUT2D eigenvalue weighted by molar-refractivity contribution is 0.548. The second-order valence-corrected chi connectivity index (χ2v) is 30.0. The zero-order valence-corrected chi connectivity index (χ0v) is 58.3. The van der Waals surface area contributed by atoms with Gasteiger partial charge in [0.25, 0.3) is 0 Å². The SMILES string of the molecule is CCC1C(n2c3ccc4c(-c5ccc6c7c8c(cc9c%10ccccc%10n(c6c5)c97)-c5c(ccc6ccccc56)CCC8C5=CCCc6cccnc6C(c6cccc(C#N)c6)=N5)cccc4c3c3cc4c5c(c32)-c2ccccc2CC5c2ccccc2-4)=NC2=C(/C=C\CCCC2)C1c1cccc(C#N)c1. The number of aryl methyl sites for hydroxylation is 2. The van der Waals surface area contributed by atoms with E-state index < -0.39 is 0 Å². The summed E-state index contributed by atoms with van der Waals surface area (Å²) in [6.45, 7) is 2.35. The number of para-hydroxylation sites is 1. The lowest BCUT2D eigenvalue weighted by Gasteiger charge is -2.36. The number of aromatic nitrogens is 3. The van der Waals surface area contributed by atoms with Crippen molar-refractivity contribution < 1.29 is 0 Å². The molecule has 0 saturated heterocycles. The first-order chi connectivity index (χ1) is 52.0. The molecular formula is C98H69N7. The summed E-state index contributed by atoms with van der Waals surface area (Å²) in [4.78, 5) is 17.1. The Hall–Kier alpha value is -12.6. The van der Waals surface area contributed by atoms with Crippen LogP contribution in [0.1, 0.15) is 131 Å². The van der Waals surface area contributed by atoms with Crippen LogP contribution in [0.25, 0.3) is 126 Å². The number of hydrogen-bond acceptors (Lipinski definition) is 5. The molecule has 4 atom stereocenters. The van der Waals surface area contributed by atoms with Crippen molar-refractivity contribution in [3.8, 4) is 56.6 Å². The number of benzene rings is 12. The van der Waals surface area contributed by atoms with Crippen LogP contribution in [-0.4, -0.2) is 25.5 Å². The molecule has 4 aromatic heterocycles. The summed E-state index contributed by atoms with van der Waals surface area (Å²) in [7, 11) is 0. The fourth-order valence-electron chi connectivity index (χ4n) is 20.3. The zero-order chi connectivity index (χ0) is 69.3. The van der Waals surface area contributed by atoms with E-state index in [9.17, 15) is 10.5 Å². The van der Waals surface area contributed by atoms with Crippen LogP contribution in [0, 0.1) is 28.6 Å². The summed E-state index contributed by atoms with van der Waals surface area (Å²) in [6, 6.07) is 91.1. The number of aliphatic imine (C=N–C) groups is 2. The highest BCUT2D eigenvalue weighted by Gasteiger charge is 2.42. The molecule has 16 aromatic rings. The Kier molecular flexibility index (Phi) is 13.3. The minimum Gasteiger partial charge on any atom is -0.308 e. The molecule has 6 aliphatic rings. The van der Waals surface area contributed by atoms with Crippen molar-refractivity contribution in [3.63, 3.8) is 0 Å². The van der Waals surface area contributed by atoms with Gasteiger partial charge in [-0.25, -0.2) is 4.99 Å². The Morgan fingerprint density at radius 1 is 0.495 bits per heavy atom. The largest absolute Gasteiger partial charge is 0.308 e. The molecule has 0 saturated carbocycles. The Labute approximate surface area is 608 Å². The van der Waals surface area contributed by atoms with Gasteiger partial charge in [0, 0.05) is 84.7 Å². The molecule has 496 valence electrons. The van der Waals surface area contributed by atoms with Crippen molar-refractivity contribution in [2.75, 3.05) is 0 Å². The molecule has 7 heteroatoms. The minimum atomic E-state index is -0.103. The van der Waals surface area contributed by atoms with Gasteiger partial charge in [-0.3, -0.25) is 14.5 Å². The van der Waals surface area contributed by atoms with Crippen molar-refractivity contribution in [1.29, 1.82) is 10.5 Å². The predicted octanol–water partition coefficient (Wildman–Crippen LogP) is 23.9. The molecule has 22 rings (SSSR count). The maximum absolute atomic E-state index is 10.5. The standard InChI is InChI=1S/C98H69N7/c1-2-65-88(63-25-15-20-56(48-63)54-99)74-33-5-3-4-6-36-83(74)103-98(65)105-85-46-45-71-66(34-18-35-73(71)89(85)81-52-78-70-31-12-11-30-69(70)77-50-61-23-8-10-29-68(61)92(91(77)78)97(81)105)62-42-44-76-86(51-62)104-84-38-14-13-32-72(84)79-53-80-87-59(40-39-58-22-7-9-28-67(58)87)41-43-75(90(80)93(76)96(79)104)82-37-17-24-60-27-19-47-101-94(60)95(102-82)64-26-16-21-57(49-64)55-100/h5,7-16,18-23,25-35,37-40,42,44-49,51-53,65,75,77,88H,2-4,6,17,24,36,41,43,50H2,1H3/b33-5-,82-37?,102-95?. The van der Waals surface area contributed by atoms with E-state index >= 15 is 0 Å². The van der Waals surface area contributed by atoms with Gasteiger partial charge in [-0.1, -0.05) is 195 Å². The number of allylic oxidation sites excluding steroid dienone is 6. The molecule has 2 aliphatic heterocycles. The van der Waals surface area contributed by atoms with Crippen molar-refractivity contribution in [2.45, 2.75) is 88.9 Å². The van der Waals surface area contributed by atoms with E-state index in [1.165, 1.54) is 154 Å². The fourth-order valence-corrected chi connectivity index (χ4v) is 20.3. The summed E-state index contributed by atoms with van der Waals surface area (Å²) in [5.74, 6) is 1.19. The average Bonchev–Trinajstić information content (AvgIpc) is 1.53. The van der Waals surface area contributed by atoms with Crippen molar-refractivity contribution >= 4 is 93.0 Å². The summed E-state index contributed by atoms with van der Waals surface area (Å²) in [6.07, 6.45) is 18.4. The lowest BCUT2D eigenvalue weighted by Crippen LogP contribution is -2.32. The molecule has 0 radical (unpaired) electrons. The second-order valence-electron chi connectivity index (χ2n) is 30.0. The first-order valence-corrected chi connectivity index (χ1v) is 37.7. The molecular weight excluding hydrogens is 1280 g/mol. The highest BCUT2D eigenvalue weighted by atomic mass is 15.1. The monoisotopic (exact) mass is 1340 g/mol. The molecule has 0 spiro atoms. The second kappa shape index (κ2) is 23.2. The number of nitriles is 2. The van der Waals surface area contributed by atoms with E-state index in [1.807, 2.05) is 36.5 Å². The van der Waals surface area contributed by atoms with Gasteiger partial charge >= 0.3 is 0 Å². The van der Waals surface area contributed by atoms with Gasteiger partial charge in [-0.05, 0) is 230 Å². The zero-order valence-electron chi connectivity index (χ0n) is 58.3. The van der Waals surface area contributed by atoms with Crippen LogP contribution in [0.3, 0.4) is 0 Å². The number of fused-ring (bicyclic) bond motifs is 24. The smallest absolute Gasteiger partial charge is 0.118 e. The number of pyridine rings is 1. The van der Waals surface area contributed by atoms with Gasteiger partial charge in [0.1, 0.15) is 5.84 Å². The van der Waals surface area contributed by atoms with Crippen LogP contribution in [0.4, 0.5) is 0 Å². The van der Waals surface area contributed by atoms with E-state index in [2.05, 4.69) is 246 Å². The summed E-state index contributed by atoms with van der Waals surface area (Å²) >= 11 is 0. The van der Waals surface area contributed by atoms with Gasteiger partial charge < -0.3 is 4.40 Å². The minimum absolute atomic E-state index is 0.00858. The topological polar surface area (TPSA) is 94.5 Å². The van der Waals surface area contributed by atoms with Crippen molar-refractivity contribution in [1.82, 2.24) is 14.0 Å². The quantitative estimate of drug-likeness (QED) is 0.172. The van der Waals surface area contributed by atoms with Crippen LogP contribution in [0.2, 0.25) is 0 Å². The number of nitrogens with zero attached hydrogens (tertiary/aromatic N) is 7. The lowest BCUT2D eigenvalue weighted by atomic mass is 9.74. The van der Waals surface area contributed by atoms with E-state index in [4.69, 9.17) is 15.0 Å². The number of hydrogen-bond donors (Lipinski definition) is 0. The molecule has 4 aliphatic carbocycles. The highest BCUT2D eigenvalue weighted by Crippen LogP contribution is 2.59. The van der Waals surface area contributed by atoms with Gasteiger partial charge in [0.2, 0.25) is 0 Å². The molecule has 105 heavy (non-hydrogen) atoms. The Morgan fingerprint density at radius 2 is 1.29 bits per heavy atom. The summed E-state index contributed by atoms with van der Waals surface area (Å²) in [5, 5.41) is 33.2. The van der Waals surface area contributed by atoms with E-state index in [1.54, 1.807) is 0 Å². The molecule has 6 heterocycles. The van der Waals surface area contributed by atoms with E-state index in [0.29, 0.717) is 11.1 Å². The molecule has 12 aromatic carbocycles.